The maximum atomic E-state index is 13.2. The first-order chi connectivity index (χ1) is 28.4. The molecule has 0 aliphatic carbocycles. The largest absolute Gasteiger partial charge is 0.496 e. The average Bonchev–Trinajstić information content (AvgIpc) is 3.47. The minimum absolute atomic E-state index is 0.000315. The Morgan fingerprint density at radius 2 is 1.58 bits per heavy atom. The number of benzene rings is 2. The van der Waals surface area contributed by atoms with Crippen LogP contribution in [0, 0.1) is 0 Å². The van der Waals surface area contributed by atoms with Gasteiger partial charge in [0.1, 0.15) is 29.1 Å². The number of aryl methyl sites for hydroxylation is 1. The van der Waals surface area contributed by atoms with Crippen LogP contribution in [-0.2, 0) is 28.0 Å². The quantitative estimate of drug-likeness (QED) is 0.0913. The van der Waals surface area contributed by atoms with Crippen molar-refractivity contribution in [1.82, 2.24) is 30.0 Å². The van der Waals surface area contributed by atoms with Crippen LogP contribution in [0.2, 0.25) is 0 Å². The van der Waals surface area contributed by atoms with Gasteiger partial charge in [-0.15, -0.1) is 0 Å². The number of unbranched alkanes of at least 4 members (excludes halogenated alkanes) is 5. The molecule has 2 aromatic heterocycles. The van der Waals surface area contributed by atoms with E-state index in [9.17, 15) is 28.8 Å². The lowest BCUT2D eigenvalue weighted by atomic mass is 9.99. The van der Waals surface area contributed by atoms with Gasteiger partial charge in [-0.05, 0) is 69.3 Å². The number of ether oxygens (including phenoxy) is 3. The van der Waals surface area contributed by atoms with Gasteiger partial charge in [0.25, 0.3) is 23.3 Å². The SMILES string of the molecule is COc1cc(-c2cn(C)c(=O)c3cc(NCCCCCCCCNC(=O)COc4cccc5c4C(=O)N(C4CCC(=O)NC4=O)C5=O)ncc23)cc(OC)c1CN(C)C. The maximum absolute atomic E-state index is 13.2. The van der Waals surface area contributed by atoms with Gasteiger partial charge in [0.05, 0.1) is 36.3 Å². The molecular weight excluding hydrogens is 759 g/mol. The molecule has 16 nitrogen and oxygen atoms in total. The van der Waals surface area contributed by atoms with Crippen LogP contribution >= 0.6 is 0 Å². The summed E-state index contributed by atoms with van der Waals surface area (Å²) in [4.78, 5) is 83.5. The smallest absolute Gasteiger partial charge is 0.266 e. The molecular formula is C43H51N7O9. The van der Waals surface area contributed by atoms with Crippen molar-refractivity contribution in [2.75, 3.05) is 53.3 Å². The van der Waals surface area contributed by atoms with Crippen molar-refractivity contribution < 1.29 is 38.2 Å². The van der Waals surface area contributed by atoms with Crippen molar-refractivity contribution >= 4 is 46.1 Å². The zero-order valence-electron chi connectivity index (χ0n) is 34.1. The lowest BCUT2D eigenvalue weighted by molar-refractivity contribution is -0.136. The van der Waals surface area contributed by atoms with Gasteiger partial charge in [0, 0.05) is 56.4 Å². The fourth-order valence-electron chi connectivity index (χ4n) is 7.50. The highest BCUT2D eigenvalue weighted by Crippen LogP contribution is 2.38. The molecule has 0 bridgehead atoms. The zero-order valence-corrected chi connectivity index (χ0v) is 34.1. The van der Waals surface area contributed by atoms with Crippen LogP contribution in [-0.4, -0.2) is 103 Å². The molecule has 0 spiro atoms. The van der Waals surface area contributed by atoms with E-state index in [0.29, 0.717) is 42.3 Å². The van der Waals surface area contributed by atoms with Gasteiger partial charge in [-0.2, -0.15) is 0 Å². The molecule has 1 atom stereocenters. The molecule has 0 radical (unpaired) electrons. The molecule has 5 amide bonds. The van der Waals surface area contributed by atoms with Crippen molar-refractivity contribution in [2.24, 2.45) is 7.05 Å². The molecule has 1 unspecified atom stereocenters. The Kier molecular flexibility index (Phi) is 13.6. The highest BCUT2D eigenvalue weighted by molar-refractivity contribution is 6.24. The van der Waals surface area contributed by atoms with Gasteiger partial charge < -0.3 is 34.3 Å². The Hall–Kier alpha value is -6.29. The number of rotatable bonds is 19. The first kappa shape index (κ1) is 42.3. The lowest BCUT2D eigenvalue weighted by Crippen LogP contribution is -2.54. The highest BCUT2D eigenvalue weighted by Gasteiger charge is 2.46. The van der Waals surface area contributed by atoms with Crippen molar-refractivity contribution in [3.63, 3.8) is 0 Å². The number of carbonyl (C=O) groups is 5. The maximum Gasteiger partial charge on any atom is 0.266 e. The third-order valence-corrected chi connectivity index (χ3v) is 10.5. The molecule has 1 saturated heterocycles. The summed E-state index contributed by atoms with van der Waals surface area (Å²) in [5.74, 6) is -0.734. The highest BCUT2D eigenvalue weighted by atomic mass is 16.5. The number of methoxy groups -OCH3 is 2. The number of fused-ring (bicyclic) bond motifs is 2. The van der Waals surface area contributed by atoms with Gasteiger partial charge in [-0.1, -0.05) is 31.7 Å². The second kappa shape index (κ2) is 19.0. The van der Waals surface area contributed by atoms with E-state index in [1.54, 1.807) is 44.2 Å². The number of anilines is 1. The van der Waals surface area contributed by atoms with E-state index >= 15 is 0 Å². The monoisotopic (exact) mass is 809 g/mol. The van der Waals surface area contributed by atoms with Gasteiger partial charge in [0.15, 0.2) is 6.61 Å². The standard InChI is InChI=1S/C43H51N7O9/c1-48(2)23-31-34(57-4)19-26(20-35(31)58-5)30-24-49(3)41(54)28-21-36(46-22-29(28)30)44-17-10-8-6-7-9-11-18-45-38(52)25-59-33-14-12-13-27-39(33)43(56)50(42(27)55)32-15-16-37(51)47-40(32)53/h12-14,19-22,24,32H,6-11,15-18,23,25H2,1-5H3,(H,44,46)(H,45,52)(H,47,51,53). The molecule has 6 rings (SSSR count). The molecule has 4 aromatic rings. The number of imide groups is 2. The van der Waals surface area contributed by atoms with Crippen molar-refractivity contribution in [3.05, 3.63) is 75.8 Å². The zero-order chi connectivity index (χ0) is 42.2. The summed E-state index contributed by atoms with van der Waals surface area (Å²) < 4.78 is 18.7. The number of pyridine rings is 2. The summed E-state index contributed by atoms with van der Waals surface area (Å²) in [6, 6.07) is 9.16. The van der Waals surface area contributed by atoms with Crippen LogP contribution in [0.4, 0.5) is 5.82 Å². The Morgan fingerprint density at radius 1 is 0.881 bits per heavy atom. The number of nitrogens with zero attached hydrogens (tertiary/aromatic N) is 4. The van der Waals surface area contributed by atoms with E-state index in [4.69, 9.17) is 14.2 Å². The third-order valence-electron chi connectivity index (χ3n) is 10.5. The summed E-state index contributed by atoms with van der Waals surface area (Å²) in [5.41, 5.74) is 2.60. The van der Waals surface area contributed by atoms with E-state index in [2.05, 4.69) is 20.9 Å². The van der Waals surface area contributed by atoms with Crippen molar-refractivity contribution in [3.8, 4) is 28.4 Å². The van der Waals surface area contributed by atoms with Crippen LogP contribution in [0.1, 0.15) is 77.6 Å². The Morgan fingerprint density at radius 3 is 2.25 bits per heavy atom. The number of carbonyl (C=O) groups excluding carboxylic acids is 5. The van der Waals surface area contributed by atoms with E-state index in [-0.39, 0.29) is 47.8 Å². The Labute approximate surface area is 342 Å². The third kappa shape index (κ3) is 9.54. The van der Waals surface area contributed by atoms with Crippen molar-refractivity contribution in [1.29, 1.82) is 0 Å². The summed E-state index contributed by atoms with van der Waals surface area (Å²) in [6.45, 7) is 1.47. The number of hydrogen-bond donors (Lipinski definition) is 3. The Balaban J connectivity index is 0.913. The molecule has 312 valence electrons. The molecule has 16 heteroatoms. The molecule has 2 aromatic carbocycles. The average molecular weight is 810 g/mol. The van der Waals surface area contributed by atoms with Crippen LogP contribution in [0.15, 0.2) is 53.6 Å². The summed E-state index contributed by atoms with van der Waals surface area (Å²) in [7, 11) is 8.98. The molecule has 59 heavy (non-hydrogen) atoms. The van der Waals surface area contributed by atoms with E-state index in [1.807, 2.05) is 37.3 Å². The van der Waals surface area contributed by atoms with Gasteiger partial charge in [0.2, 0.25) is 11.8 Å². The van der Waals surface area contributed by atoms with Crippen molar-refractivity contribution in [2.45, 2.75) is 64.0 Å². The van der Waals surface area contributed by atoms with E-state index in [0.717, 1.165) is 65.5 Å². The topological polar surface area (TPSA) is 190 Å². The number of amides is 5. The number of piperidine rings is 1. The van der Waals surface area contributed by atoms with Gasteiger partial charge >= 0.3 is 0 Å². The van der Waals surface area contributed by atoms with Crippen LogP contribution < -0.4 is 35.7 Å². The van der Waals surface area contributed by atoms with E-state index < -0.39 is 29.7 Å². The molecule has 2 aliphatic rings. The fourth-order valence-corrected chi connectivity index (χ4v) is 7.50. The van der Waals surface area contributed by atoms with Crippen LogP contribution in [0.25, 0.3) is 21.9 Å². The second-order valence-corrected chi connectivity index (χ2v) is 15.0. The fraction of sp³-hybridized carbons (Fsp3) is 0.419. The molecule has 0 saturated carbocycles. The molecule has 1 fully saturated rings. The molecule has 4 heterocycles. The number of aromatic nitrogens is 2. The van der Waals surface area contributed by atoms with Gasteiger partial charge in [-0.3, -0.25) is 39.0 Å². The summed E-state index contributed by atoms with van der Waals surface area (Å²) in [6.07, 6.45) is 9.29. The van der Waals surface area contributed by atoms with E-state index in [1.165, 1.54) is 12.1 Å². The summed E-state index contributed by atoms with van der Waals surface area (Å²) >= 11 is 0. The predicted molar refractivity (Wildman–Crippen MR) is 221 cm³/mol. The van der Waals surface area contributed by atoms with Gasteiger partial charge in [-0.25, -0.2) is 4.98 Å². The molecule has 3 N–H and O–H groups in total. The second-order valence-electron chi connectivity index (χ2n) is 15.0. The minimum Gasteiger partial charge on any atom is -0.496 e. The Bertz CT molecular complexity index is 2300. The minimum atomic E-state index is -1.09. The normalized spacial score (nSPS) is 15.1. The first-order valence-corrected chi connectivity index (χ1v) is 19.8. The first-order valence-electron chi connectivity index (χ1n) is 19.8. The van der Waals surface area contributed by atoms with Crippen LogP contribution in [0.3, 0.4) is 0 Å². The molecule has 2 aliphatic heterocycles. The number of nitrogens with one attached hydrogen (secondary N) is 3. The lowest BCUT2D eigenvalue weighted by Gasteiger charge is -2.27. The van der Waals surface area contributed by atoms with Crippen LogP contribution in [0.5, 0.6) is 17.2 Å². The summed E-state index contributed by atoms with van der Waals surface area (Å²) in [5, 5.41) is 9.66. The predicted octanol–water partition coefficient (Wildman–Crippen LogP) is 4.03. The number of hydrogen-bond acceptors (Lipinski definition) is 12.